The summed E-state index contributed by atoms with van der Waals surface area (Å²) in [5.41, 5.74) is 2.96. The van der Waals surface area contributed by atoms with Crippen LogP contribution in [0.15, 0.2) is 65.8 Å². The summed E-state index contributed by atoms with van der Waals surface area (Å²) >= 11 is 1.22. The minimum absolute atomic E-state index is 0.0518. The normalized spacial score (nSPS) is 15.4. The Morgan fingerprint density at radius 3 is 2.34 bits per heavy atom. The number of amides is 3. The van der Waals surface area contributed by atoms with Gasteiger partial charge in [0.05, 0.1) is 25.0 Å². The summed E-state index contributed by atoms with van der Waals surface area (Å²) in [5, 5.41) is 0.504. The molecule has 3 amide bonds. The van der Waals surface area contributed by atoms with Crippen molar-refractivity contribution in [1.82, 2.24) is 14.9 Å². The highest BCUT2D eigenvalue weighted by Gasteiger charge is 2.44. The lowest BCUT2D eigenvalue weighted by Gasteiger charge is -2.27. The Morgan fingerprint density at radius 2 is 1.71 bits per heavy atom. The fourth-order valence-electron chi connectivity index (χ4n) is 3.98. The molecule has 1 unspecified atom stereocenters. The van der Waals surface area contributed by atoms with Gasteiger partial charge in [-0.15, -0.1) is 0 Å². The molecule has 0 N–H and O–H groups in total. The summed E-state index contributed by atoms with van der Waals surface area (Å²) in [5.74, 6) is -0.352. The first-order valence-electron chi connectivity index (χ1n) is 11.1. The maximum atomic E-state index is 13.4. The standard InChI is InChI=1S/C26H26N4O4S/c1-17-13-18(2)28-26(27-17)35-16-24(32)29(15-19-7-5-4-6-8-19)22-14-23(31)30(25(22)33)20-9-11-21(34-3)12-10-20/h4-13,22H,14-16H2,1-3H3. The van der Waals surface area contributed by atoms with Crippen LogP contribution >= 0.6 is 11.8 Å². The molecule has 4 rings (SSSR count). The lowest BCUT2D eigenvalue weighted by Crippen LogP contribution is -2.45. The number of aromatic nitrogens is 2. The quantitative estimate of drug-likeness (QED) is 0.271. The molecule has 1 aliphatic heterocycles. The minimum atomic E-state index is -0.891. The maximum Gasteiger partial charge on any atom is 0.257 e. The van der Waals surface area contributed by atoms with Crippen LogP contribution in [-0.2, 0) is 20.9 Å². The number of carbonyl (C=O) groups excluding carboxylic acids is 3. The van der Waals surface area contributed by atoms with E-state index in [1.165, 1.54) is 16.7 Å². The lowest BCUT2D eigenvalue weighted by molar-refractivity contribution is -0.136. The number of hydrogen-bond acceptors (Lipinski definition) is 7. The van der Waals surface area contributed by atoms with Crippen molar-refractivity contribution >= 4 is 35.2 Å². The molecule has 0 spiro atoms. The minimum Gasteiger partial charge on any atom is -0.497 e. The summed E-state index contributed by atoms with van der Waals surface area (Å²) < 4.78 is 5.17. The largest absolute Gasteiger partial charge is 0.497 e. The molecule has 1 atom stereocenters. The molecule has 2 aromatic carbocycles. The molecule has 0 saturated carbocycles. The average Bonchev–Trinajstić information content (AvgIpc) is 3.14. The van der Waals surface area contributed by atoms with Gasteiger partial charge in [-0.05, 0) is 49.7 Å². The van der Waals surface area contributed by atoms with E-state index in [1.807, 2.05) is 50.2 Å². The fraction of sp³-hybridized carbons (Fsp3) is 0.269. The third-order valence-corrected chi connectivity index (χ3v) is 6.46. The molecule has 3 aromatic rings. The molecule has 1 fully saturated rings. The van der Waals surface area contributed by atoms with Gasteiger partial charge in [-0.1, -0.05) is 42.1 Å². The number of rotatable bonds is 8. The molecule has 0 bridgehead atoms. The molecule has 2 heterocycles. The Morgan fingerprint density at radius 1 is 1.06 bits per heavy atom. The van der Waals surface area contributed by atoms with Crippen LogP contribution in [0.2, 0.25) is 0 Å². The summed E-state index contributed by atoms with van der Waals surface area (Å²) in [6.45, 7) is 3.96. The number of benzene rings is 2. The predicted octanol–water partition coefficient (Wildman–Crippen LogP) is 3.56. The van der Waals surface area contributed by atoms with Crippen LogP contribution < -0.4 is 9.64 Å². The van der Waals surface area contributed by atoms with Gasteiger partial charge in [-0.25, -0.2) is 14.9 Å². The molecule has 1 aliphatic rings. The Balaban J connectivity index is 1.57. The van der Waals surface area contributed by atoms with E-state index in [2.05, 4.69) is 9.97 Å². The number of methoxy groups -OCH3 is 1. The highest BCUT2D eigenvalue weighted by molar-refractivity contribution is 7.99. The van der Waals surface area contributed by atoms with Gasteiger partial charge in [0, 0.05) is 17.9 Å². The van der Waals surface area contributed by atoms with Crippen LogP contribution in [0, 0.1) is 13.8 Å². The number of anilines is 1. The average molecular weight is 491 g/mol. The number of nitrogens with zero attached hydrogens (tertiary/aromatic N) is 4. The van der Waals surface area contributed by atoms with E-state index in [0.29, 0.717) is 16.6 Å². The van der Waals surface area contributed by atoms with Gasteiger partial charge in [-0.3, -0.25) is 14.4 Å². The van der Waals surface area contributed by atoms with Gasteiger partial charge in [0.2, 0.25) is 11.8 Å². The van der Waals surface area contributed by atoms with Crippen LogP contribution in [-0.4, -0.2) is 51.5 Å². The summed E-state index contributed by atoms with van der Waals surface area (Å²) in [6, 6.07) is 17.1. The second-order valence-electron chi connectivity index (χ2n) is 8.21. The van der Waals surface area contributed by atoms with Gasteiger partial charge in [0.25, 0.3) is 5.91 Å². The van der Waals surface area contributed by atoms with Crippen molar-refractivity contribution in [1.29, 1.82) is 0 Å². The molecule has 35 heavy (non-hydrogen) atoms. The molecule has 180 valence electrons. The van der Waals surface area contributed by atoms with Gasteiger partial charge in [0.1, 0.15) is 11.8 Å². The first-order chi connectivity index (χ1) is 16.9. The molecule has 8 nitrogen and oxygen atoms in total. The molecule has 1 aromatic heterocycles. The van der Waals surface area contributed by atoms with Gasteiger partial charge < -0.3 is 9.64 Å². The highest BCUT2D eigenvalue weighted by Crippen LogP contribution is 2.29. The van der Waals surface area contributed by atoms with Gasteiger partial charge in [-0.2, -0.15) is 0 Å². The van der Waals surface area contributed by atoms with Crippen molar-refractivity contribution in [2.24, 2.45) is 0 Å². The molecular formula is C26H26N4O4S. The van der Waals surface area contributed by atoms with E-state index in [0.717, 1.165) is 21.9 Å². The summed E-state index contributed by atoms with van der Waals surface area (Å²) in [4.78, 5) is 51.1. The van der Waals surface area contributed by atoms with Crippen LogP contribution in [0.1, 0.15) is 23.4 Å². The monoisotopic (exact) mass is 490 g/mol. The fourth-order valence-corrected chi connectivity index (χ4v) is 4.82. The van der Waals surface area contributed by atoms with Crippen LogP contribution in [0.4, 0.5) is 5.69 Å². The third kappa shape index (κ3) is 5.68. The van der Waals surface area contributed by atoms with E-state index in [1.54, 1.807) is 31.4 Å². The van der Waals surface area contributed by atoms with E-state index < -0.39 is 11.9 Å². The van der Waals surface area contributed by atoms with Crippen LogP contribution in [0.25, 0.3) is 0 Å². The molecule has 9 heteroatoms. The Labute approximate surface area is 208 Å². The Kier molecular flexibility index (Phi) is 7.45. The van der Waals surface area contributed by atoms with Gasteiger partial charge >= 0.3 is 0 Å². The third-order valence-electron chi connectivity index (χ3n) is 5.63. The summed E-state index contributed by atoms with van der Waals surface area (Å²) in [7, 11) is 1.55. The lowest BCUT2D eigenvalue weighted by atomic mass is 10.1. The van der Waals surface area contributed by atoms with E-state index in [9.17, 15) is 14.4 Å². The van der Waals surface area contributed by atoms with E-state index in [4.69, 9.17) is 4.74 Å². The first kappa shape index (κ1) is 24.4. The molecule has 1 saturated heterocycles. The smallest absolute Gasteiger partial charge is 0.257 e. The number of thioether (sulfide) groups is 1. The maximum absolute atomic E-state index is 13.4. The van der Waals surface area contributed by atoms with Crippen molar-refractivity contribution in [2.75, 3.05) is 17.8 Å². The van der Waals surface area contributed by atoms with E-state index >= 15 is 0 Å². The van der Waals surface area contributed by atoms with Crippen molar-refractivity contribution in [3.05, 3.63) is 77.6 Å². The van der Waals surface area contributed by atoms with E-state index in [-0.39, 0.29) is 30.5 Å². The predicted molar refractivity (Wildman–Crippen MR) is 133 cm³/mol. The Hall–Kier alpha value is -3.72. The number of imide groups is 1. The first-order valence-corrected chi connectivity index (χ1v) is 12.1. The second-order valence-corrected chi connectivity index (χ2v) is 9.16. The van der Waals surface area contributed by atoms with Crippen LogP contribution in [0.3, 0.4) is 0 Å². The summed E-state index contributed by atoms with van der Waals surface area (Å²) in [6.07, 6.45) is -0.0752. The zero-order valence-corrected chi connectivity index (χ0v) is 20.6. The highest BCUT2D eigenvalue weighted by atomic mass is 32.2. The van der Waals surface area contributed by atoms with Crippen molar-refractivity contribution in [3.63, 3.8) is 0 Å². The van der Waals surface area contributed by atoms with Crippen molar-refractivity contribution in [3.8, 4) is 5.75 Å². The van der Waals surface area contributed by atoms with Gasteiger partial charge in [0.15, 0.2) is 5.16 Å². The number of hydrogen-bond donors (Lipinski definition) is 0. The molecular weight excluding hydrogens is 464 g/mol. The Bertz CT molecular complexity index is 1210. The SMILES string of the molecule is COc1ccc(N2C(=O)CC(N(Cc3ccccc3)C(=O)CSc3nc(C)cc(C)n3)C2=O)cc1. The molecule has 0 aliphatic carbocycles. The number of aryl methyl sites for hydroxylation is 2. The topological polar surface area (TPSA) is 92.7 Å². The van der Waals surface area contributed by atoms with Crippen LogP contribution in [0.5, 0.6) is 5.75 Å². The van der Waals surface area contributed by atoms with Crippen molar-refractivity contribution < 1.29 is 19.1 Å². The zero-order chi connectivity index (χ0) is 24.9. The molecule has 0 radical (unpaired) electrons. The van der Waals surface area contributed by atoms with Crippen molar-refractivity contribution in [2.45, 2.75) is 38.0 Å². The number of ether oxygens (including phenoxy) is 1. The second kappa shape index (κ2) is 10.7. The number of carbonyl (C=O) groups is 3. The zero-order valence-electron chi connectivity index (χ0n) is 19.8.